The molecule has 0 bridgehead atoms. The van der Waals surface area contributed by atoms with E-state index in [0.29, 0.717) is 44.7 Å². The summed E-state index contributed by atoms with van der Waals surface area (Å²) < 4.78 is 17.0. The Balaban J connectivity index is 0.000000968. The maximum atomic E-state index is 8.36. The molecule has 8 nitrogen and oxygen atoms in total. The fraction of sp³-hybridized carbons (Fsp3) is 0.391. The minimum atomic E-state index is -0.250. The lowest BCUT2D eigenvalue weighted by Gasteiger charge is -2.14. The second-order valence-corrected chi connectivity index (χ2v) is 8.82. The minimum absolute atomic E-state index is 0.0259. The summed E-state index contributed by atoms with van der Waals surface area (Å²) in [7, 11) is 0. The molecule has 0 spiro atoms. The molecule has 1 aromatic carbocycles. The van der Waals surface area contributed by atoms with Crippen molar-refractivity contribution in [1.82, 2.24) is 15.1 Å². The number of rotatable bonds is 6. The Labute approximate surface area is 201 Å². The molecular formula is C23H25Cl2N3O5. The van der Waals surface area contributed by atoms with Gasteiger partial charge in [0, 0.05) is 11.8 Å². The van der Waals surface area contributed by atoms with Crippen LogP contribution in [0.1, 0.15) is 40.0 Å². The normalized spacial score (nSPS) is 17.4. The molecular weight excluding hydrogens is 469 g/mol. The Morgan fingerprint density at radius 3 is 2.58 bits per heavy atom. The van der Waals surface area contributed by atoms with Crippen LogP contribution in [0.25, 0.3) is 22.8 Å². The molecule has 2 atom stereocenters. The largest absolute Gasteiger partial charge is 0.490 e. The number of benzene rings is 1. The van der Waals surface area contributed by atoms with Gasteiger partial charge < -0.3 is 19.1 Å². The van der Waals surface area contributed by atoms with Crippen LogP contribution >= 0.6 is 23.2 Å². The van der Waals surface area contributed by atoms with Gasteiger partial charge in [0.15, 0.2) is 0 Å². The second kappa shape index (κ2) is 11.3. The summed E-state index contributed by atoms with van der Waals surface area (Å²) >= 11 is 12.7. The molecule has 1 fully saturated rings. The van der Waals surface area contributed by atoms with E-state index in [2.05, 4.69) is 22.0 Å². The molecule has 2 heterocycles. The molecule has 3 aromatic rings. The van der Waals surface area contributed by atoms with Crippen molar-refractivity contribution < 1.29 is 23.9 Å². The lowest BCUT2D eigenvalue weighted by atomic mass is 10.1. The number of hydrogen-bond donors (Lipinski definition) is 1. The lowest BCUT2D eigenvalue weighted by molar-refractivity contribution is -0.122. The number of hydrogen-bond acceptors (Lipinski definition) is 7. The van der Waals surface area contributed by atoms with Gasteiger partial charge in [-0.2, -0.15) is 4.98 Å². The number of carboxylic acid groups (broad SMARTS) is 1. The highest BCUT2D eigenvalue weighted by atomic mass is 35.5. The first kappa shape index (κ1) is 24.8. The van der Waals surface area contributed by atoms with Crippen molar-refractivity contribution in [1.29, 1.82) is 0 Å². The summed E-state index contributed by atoms with van der Waals surface area (Å²) in [6.07, 6.45) is 5.16. The number of halogens is 2. The smallest absolute Gasteiger partial charge is 0.290 e. The Hall–Kier alpha value is -2.84. The van der Waals surface area contributed by atoms with E-state index >= 15 is 0 Å². The molecule has 0 aliphatic heterocycles. The van der Waals surface area contributed by atoms with Crippen LogP contribution in [-0.2, 0) is 4.79 Å². The monoisotopic (exact) mass is 493 g/mol. The van der Waals surface area contributed by atoms with E-state index in [1.807, 2.05) is 26.0 Å². The highest BCUT2D eigenvalue weighted by Crippen LogP contribution is 2.34. The zero-order valence-electron chi connectivity index (χ0n) is 18.5. The zero-order chi connectivity index (χ0) is 24.0. The van der Waals surface area contributed by atoms with E-state index in [9.17, 15) is 0 Å². The summed E-state index contributed by atoms with van der Waals surface area (Å²) in [5.74, 6) is 2.51. The summed E-state index contributed by atoms with van der Waals surface area (Å²) in [6, 6.07) is 7.21. The van der Waals surface area contributed by atoms with E-state index < -0.39 is 0 Å². The van der Waals surface area contributed by atoms with Gasteiger partial charge in [-0.3, -0.25) is 4.79 Å². The van der Waals surface area contributed by atoms with Gasteiger partial charge in [0.1, 0.15) is 10.8 Å². The van der Waals surface area contributed by atoms with Gasteiger partial charge in [0.05, 0.1) is 22.8 Å². The van der Waals surface area contributed by atoms with E-state index in [4.69, 9.17) is 47.1 Å². The van der Waals surface area contributed by atoms with Gasteiger partial charge in [0.25, 0.3) is 12.4 Å². The standard InChI is InChI=1S/C22H23Cl2N3O3.CH2O2/c1-12(2)28-22-19(24)9-14(11-25-22)21-26-20(27-30-21)17-7-6-16(10-18(17)23)29-15-5-4-13(3)8-15;2-1-3/h6-7,9-13,15H,4-5,8H2,1-3H3;1H,(H,2,3). The molecule has 33 heavy (non-hydrogen) atoms. The van der Waals surface area contributed by atoms with Gasteiger partial charge in [-0.05, 0) is 63.3 Å². The molecule has 1 aliphatic carbocycles. The molecule has 10 heteroatoms. The quantitative estimate of drug-likeness (QED) is 0.406. The van der Waals surface area contributed by atoms with Crippen molar-refractivity contribution in [3.63, 3.8) is 0 Å². The predicted octanol–water partition coefficient (Wildman–Crippen LogP) is 6.16. The second-order valence-electron chi connectivity index (χ2n) is 8.01. The van der Waals surface area contributed by atoms with E-state index in [1.165, 1.54) is 6.42 Å². The number of nitrogens with zero attached hydrogens (tertiary/aromatic N) is 3. The topological polar surface area (TPSA) is 108 Å². The summed E-state index contributed by atoms with van der Waals surface area (Å²) in [5.41, 5.74) is 1.26. The van der Waals surface area contributed by atoms with E-state index in [1.54, 1.807) is 18.3 Å². The molecule has 2 aromatic heterocycles. The number of aromatic nitrogens is 3. The Morgan fingerprint density at radius 1 is 1.21 bits per heavy atom. The molecule has 1 N–H and O–H groups in total. The first-order valence-electron chi connectivity index (χ1n) is 10.5. The maximum absolute atomic E-state index is 8.36. The van der Waals surface area contributed by atoms with Gasteiger partial charge in [-0.15, -0.1) is 0 Å². The highest BCUT2D eigenvalue weighted by molar-refractivity contribution is 6.33. The fourth-order valence-corrected chi connectivity index (χ4v) is 3.97. The van der Waals surface area contributed by atoms with Crippen LogP contribution < -0.4 is 9.47 Å². The molecule has 0 saturated heterocycles. The van der Waals surface area contributed by atoms with Crippen LogP contribution in [-0.4, -0.2) is 38.9 Å². The average molecular weight is 494 g/mol. The van der Waals surface area contributed by atoms with Crippen LogP contribution in [0.5, 0.6) is 11.6 Å². The first-order valence-corrected chi connectivity index (χ1v) is 11.3. The van der Waals surface area contributed by atoms with Gasteiger partial charge >= 0.3 is 0 Å². The van der Waals surface area contributed by atoms with Gasteiger partial charge in [-0.25, -0.2) is 4.98 Å². The van der Waals surface area contributed by atoms with Crippen LogP contribution in [0.4, 0.5) is 0 Å². The van der Waals surface area contributed by atoms with Crippen molar-refractivity contribution in [2.45, 2.75) is 52.2 Å². The van der Waals surface area contributed by atoms with Crippen LogP contribution in [0.3, 0.4) is 0 Å². The Kier molecular flexibility index (Phi) is 8.52. The Morgan fingerprint density at radius 2 is 1.97 bits per heavy atom. The summed E-state index contributed by atoms with van der Waals surface area (Å²) in [6.45, 7) is 5.82. The van der Waals surface area contributed by atoms with Crippen molar-refractivity contribution in [2.75, 3.05) is 0 Å². The minimum Gasteiger partial charge on any atom is -0.490 e. The van der Waals surface area contributed by atoms with Crippen molar-refractivity contribution >= 4 is 29.7 Å². The summed E-state index contributed by atoms with van der Waals surface area (Å²) in [4.78, 5) is 17.0. The van der Waals surface area contributed by atoms with Gasteiger partial charge in [-0.1, -0.05) is 35.3 Å². The molecule has 1 saturated carbocycles. The molecule has 1 aliphatic rings. The van der Waals surface area contributed by atoms with Crippen molar-refractivity contribution in [2.24, 2.45) is 5.92 Å². The fourth-order valence-electron chi connectivity index (χ4n) is 3.51. The molecule has 4 rings (SSSR count). The third-order valence-electron chi connectivity index (χ3n) is 4.96. The average Bonchev–Trinajstić information content (AvgIpc) is 3.39. The Bertz CT molecular complexity index is 1090. The molecule has 176 valence electrons. The zero-order valence-corrected chi connectivity index (χ0v) is 20.0. The van der Waals surface area contributed by atoms with E-state index in [-0.39, 0.29) is 18.7 Å². The van der Waals surface area contributed by atoms with Crippen LogP contribution in [0.2, 0.25) is 10.0 Å². The van der Waals surface area contributed by atoms with E-state index in [0.717, 1.165) is 18.6 Å². The van der Waals surface area contributed by atoms with Gasteiger partial charge in [0.2, 0.25) is 11.7 Å². The number of ether oxygens (including phenoxy) is 2. The first-order chi connectivity index (χ1) is 15.8. The molecule has 0 amide bonds. The third kappa shape index (κ3) is 6.58. The van der Waals surface area contributed by atoms with Crippen molar-refractivity contribution in [3.8, 4) is 34.5 Å². The number of carbonyl (C=O) groups is 1. The van der Waals surface area contributed by atoms with Crippen LogP contribution in [0.15, 0.2) is 35.0 Å². The van der Waals surface area contributed by atoms with Crippen molar-refractivity contribution in [3.05, 3.63) is 40.5 Å². The molecule has 2 unspecified atom stereocenters. The SMILES string of the molecule is CC1CCC(Oc2ccc(-c3noc(-c4cnc(OC(C)C)c(Cl)c4)n3)c(Cl)c2)C1.O=CO. The maximum Gasteiger partial charge on any atom is 0.290 e. The lowest BCUT2D eigenvalue weighted by Crippen LogP contribution is -2.11. The predicted molar refractivity (Wildman–Crippen MR) is 125 cm³/mol. The number of pyridine rings is 1. The third-order valence-corrected chi connectivity index (χ3v) is 5.54. The van der Waals surface area contributed by atoms with Crippen LogP contribution in [0, 0.1) is 5.92 Å². The molecule has 0 radical (unpaired) electrons. The summed E-state index contributed by atoms with van der Waals surface area (Å²) in [5, 5.41) is 11.8. The highest BCUT2D eigenvalue weighted by Gasteiger charge is 2.23.